The molecule has 0 unspecified atom stereocenters. The van der Waals surface area contributed by atoms with E-state index in [4.69, 9.17) is 4.74 Å². The maximum Gasteiger partial charge on any atom is 0.264 e. The Morgan fingerprint density at radius 1 is 1.48 bits per heavy atom. The Kier molecular flexibility index (Phi) is 3.98. The van der Waals surface area contributed by atoms with E-state index in [-0.39, 0.29) is 12.0 Å². The summed E-state index contributed by atoms with van der Waals surface area (Å²) in [4.78, 5) is 23.6. The molecule has 21 heavy (non-hydrogen) atoms. The fourth-order valence-corrected chi connectivity index (χ4v) is 3.23. The lowest BCUT2D eigenvalue weighted by atomic mass is 10.2. The fourth-order valence-electron chi connectivity index (χ4n) is 2.37. The minimum Gasteiger partial charge on any atom is -0.368 e. The van der Waals surface area contributed by atoms with Gasteiger partial charge in [0.05, 0.1) is 23.7 Å². The predicted octanol–water partition coefficient (Wildman–Crippen LogP) is 2.37. The molecule has 0 N–H and O–H groups in total. The number of morpholine rings is 1. The standard InChI is InChI=1S/C15H17N3O2S/c1-10-7-14(21-9-10)15(19)18-5-6-20-13(8-18)12-3-4-16-11(2)17-12/h3-4,7,9,13H,5-6,8H2,1-2H3/t13-/m1/s1. The van der Waals surface area contributed by atoms with Gasteiger partial charge in [-0.05, 0) is 36.9 Å². The van der Waals surface area contributed by atoms with E-state index in [0.29, 0.717) is 25.5 Å². The zero-order valence-electron chi connectivity index (χ0n) is 12.1. The number of ether oxygens (including phenoxy) is 1. The highest BCUT2D eigenvalue weighted by Crippen LogP contribution is 2.23. The lowest BCUT2D eigenvalue weighted by molar-refractivity contribution is -0.0246. The van der Waals surface area contributed by atoms with Crippen molar-refractivity contribution in [2.45, 2.75) is 20.0 Å². The molecule has 0 radical (unpaired) electrons. The maximum absolute atomic E-state index is 12.5. The fraction of sp³-hybridized carbons (Fsp3) is 0.400. The van der Waals surface area contributed by atoms with Gasteiger partial charge in [0.25, 0.3) is 5.91 Å². The molecule has 2 aromatic rings. The molecule has 0 saturated carbocycles. The summed E-state index contributed by atoms with van der Waals surface area (Å²) in [6.45, 7) is 5.54. The van der Waals surface area contributed by atoms with Crippen LogP contribution in [0.4, 0.5) is 0 Å². The van der Waals surface area contributed by atoms with Gasteiger partial charge < -0.3 is 9.64 Å². The van der Waals surface area contributed by atoms with Gasteiger partial charge in [-0.2, -0.15) is 0 Å². The molecule has 1 aliphatic rings. The lowest BCUT2D eigenvalue weighted by Gasteiger charge is -2.32. The van der Waals surface area contributed by atoms with Crippen molar-refractivity contribution in [1.82, 2.24) is 14.9 Å². The molecule has 0 aromatic carbocycles. The maximum atomic E-state index is 12.5. The van der Waals surface area contributed by atoms with Crippen molar-refractivity contribution >= 4 is 17.2 Å². The molecule has 0 spiro atoms. The number of carbonyl (C=O) groups is 1. The Balaban J connectivity index is 1.75. The van der Waals surface area contributed by atoms with Crippen LogP contribution in [0.5, 0.6) is 0 Å². The quantitative estimate of drug-likeness (QED) is 0.854. The van der Waals surface area contributed by atoms with Gasteiger partial charge in [-0.3, -0.25) is 4.79 Å². The van der Waals surface area contributed by atoms with Crippen molar-refractivity contribution in [3.63, 3.8) is 0 Å². The second kappa shape index (κ2) is 5.91. The van der Waals surface area contributed by atoms with Gasteiger partial charge in [-0.15, -0.1) is 11.3 Å². The van der Waals surface area contributed by atoms with Gasteiger partial charge >= 0.3 is 0 Å². The van der Waals surface area contributed by atoms with Gasteiger partial charge in [-0.1, -0.05) is 0 Å². The largest absolute Gasteiger partial charge is 0.368 e. The number of rotatable bonds is 2. The van der Waals surface area contributed by atoms with Gasteiger partial charge in [-0.25, -0.2) is 9.97 Å². The minimum absolute atomic E-state index is 0.0761. The van der Waals surface area contributed by atoms with Crippen molar-refractivity contribution in [3.05, 3.63) is 45.7 Å². The average molecular weight is 303 g/mol. The Morgan fingerprint density at radius 2 is 2.33 bits per heavy atom. The molecule has 1 fully saturated rings. The number of amides is 1. The summed E-state index contributed by atoms with van der Waals surface area (Å²) in [6.07, 6.45) is 1.55. The van der Waals surface area contributed by atoms with Crippen molar-refractivity contribution in [2.24, 2.45) is 0 Å². The second-order valence-corrected chi connectivity index (χ2v) is 6.04. The summed E-state index contributed by atoms with van der Waals surface area (Å²) in [5.74, 6) is 0.792. The van der Waals surface area contributed by atoms with E-state index in [1.165, 1.54) is 11.3 Å². The van der Waals surface area contributed by atoms with Crippen LogP contribution in [-0.2, 0) is 4.74 Å². The van der Waals surface area contributed by atoms with Crippen molar-refractivity contribution in [3.8, 4) is 0 Å². The van der Waals surface area contributed by atoms with Crippen LogP contribution >= 0.6 is 11.3 Å². The normalized spacial score (nSPS) is 18.8. The van der Waals surface area contributed by atoms with Gasteiger partial charge in [0, 0.05) is 12.7 Å². The molecule has 5 nitrogen and oxygen atoms in total. The molecule has 1 atom stereocenters. The molecule has 0 aliphatic carbocycles. The van der Waals surface area contributed by atoms with E-state index >= 15 is 0 Å². The number of aryl methyl sites for hydroxylation is 2. The Morgan fingerprint density at radius 3 is 3.05 bits per heavy atom. The van der Waals surface area contributed by atoms with Crippen LogP contribution in [0.3, 0.4) is 0 Å². The Labute approximate surface area is 127 Å². The lowest BCUT2D eigenvalue weighted by Crippen LogP contribution is -2.42. The third-order valence-electron chi connectivity index (χ3n) is 3.42. The Bertz CT molecular complexity index is 656. The highest BCUT2D eigenvalue weighted by molar-refractivity contribution is 7.12. The van der Waals surface area contributed by atoms with Crippen molar-refractivity contribution in [1.29, 1.82) is 0 Å². The molecule has 1 aliphatic heterocycles. The summed E-state index contributed by atoms with van der Waals surface area (Å²) in [5, 5.41) is 2.00. The summed E-state index contributed by atoms with van der Waals surface area (Å²) in [6, 6.07) is 3.78. The van der Waals surface area contributed by atoms with E-state index in [0.717, 1.165) is 16.1 Å². The van der Waals surface area contributed by atoms with Crippen LogP contribution in [0.1, 0.15) is 32.9 Å². The van der Waals surface area contributed by atoms with Gasteiger partial charge in [0.1, 0.15) is 11.9 Å². The molecule has 1 amide bonds. The smallest absolute Gasteiger partial charge is 0.264 e. The molecule has 0 bridgehead atoms. The van der Waals surface area contributed by atoms with Crippen LogP contribution < -0.4 is 0 Å². The molecule has 110 valence electrons. The minimum atomic E-state index is -0.176. The summed E-state index contributed by atoms with van der Waals surface area (Å²) in [7, 11) is 0. The number of thiophene rings is 1. The predicted molar refractivity (Wildman–Crippen MR) is 80.4 cm³/mol. The SMILES string of the molecule is Cc1csc(C(=O)N2CCO[C@@H](c3ccnc(C)n3)C2)c1. The number of nitrogens with zero attached hydrogens (tertiary/aromatic N) is 3. The third-order valence-corrected chi connectivity index (χ3v) is 4.46. The van der Waals surface area contributed by atoms with Crippen LogP contribution in [0.2, 0.25) is 0 Å². The van der Waals surface area contributed by atoms with E-state index < -0.39 is 0 Å². The topological polar surface area (TPSA) is 55.3 Å². The first-order valence-corrected chi connectivity index (χ1v) is 7.77. The number of aromatic nitrogens is 2. The van der Waals surface area contributed by atoms with Gasteiger partial charge in [0.15, 0.2) is 0 Å². The van der Waals surface area contributed by atoms with E-state index in [2.05, 4.69) is 9.97 Å². The van der Waals surface area contributed by atoms with Crippen molar-refractivity contribution < 1.29 is 9.53 Å². The summed E-state index contributed by atoms with van der Waals surface area (Å²) in [5.41, 5.74) is 1.96. The molecule has 3 rings (SSSR count). The van der Waals surface area contributed by atoms with E-state index in [1.54, 1.807) is 6.20 Å². The van der Waals surface area contributed by atoms with E-state index in [1.807, 2.05) is 36.3 Å². The average Bonchev–Trinajstić information content (AvgIpc) is 2.93. The van der Waals surface area contributed by atoms with Crippen molar-refractivity contribution in [2.75, 3.05) is 19.7 Å². The molecular weight excluding hydrogens is 286 g/mol. The molecule has 2 aromatic heterocycles. The molecule has 1 saturated heterocycles. The summed E-state index contributed by atoms with van der Waals surface area (Å²) < 4.78 is 5.76. The van der Waals surface area contributed by atoms with Crippen LogP contribution in [0, 0.1) is 13.8 Å². The highest BCUT2D eigenvalue weighted by Gasteiger charge is 2.27. The molecular formula is C15H17N3O2S. The number of hydrogen-bond acceptors (Lipinski definition) is 5. The number of carbonyl (C=O) groups excluding carboxylic acids is 1. The van der Waals surface area contributed by atoms with Crippen LogP contribution in [0.15, 0.2) is 23.7 Å². The first-order valence-electron chi connectivity index (χ1n) is 6.89. The monoisotopic (exact) mass is 303 g/mol. The second-order valence-electron chi connectivity index (χ2n) is 5.13. The van der Waals surface area contributed by atoms with Gasteiger partial charge in [0.2, 0.25) is 0 Å². The summed E-state index contributed by atoms with van der Waals surface area (Å²) >= 11 is 1.49. The van der Waals surface area contributed by atoms with E-state index in [9.17, 15) is 4.79 Å². The third kappa shape index (κ3) is 3.11. The molecule has 6 heteroatoms. The zero-order valence-corrected chi connectivity index (χ0v) is 12.9. The zero-order chi connectivity index (χ0) is 14.8. The highest BCUT2D eigenvalue weighted by atomic mass is 32.1. The van der Waals surface area contributed by atoms with Crippen LogP contribution in [0.25, 0.3) is 0 Å². The Hall–Kier alpha value is -1.79. The molecule has 3 heterocycles. The van der Waals surface area contributed by atoms with Crippen LogP contribution in [-0.4, -0.2) is 40.5 Å². The first kappa shape index (κ1) is 14.2. The first-order chi connectivity index (χ1) is 10.1. The number of hydrogen-bond donors (Lipinski definition) is 0.